The highest BCUT2D eigenvalue weighted by Gasteiger charge is 2.17. The molecule has 1 heterocycles. The molecule has 0 radical (unpaired) electrons. The second kappa shape index (κ2) is 7.67. The molecule has 1 aliphatic rings. The molecule has 5 heteroatoms. The van der Waals surface area contributed by atoms with Gasteiger partial charge in [0.25, 0.3) is 5.91 Å². The van der Waals surface area contributed by atoms with Crippen molar-refractivity contribution in [2.24, 2.45) is 0 Å². The van der Waals surface area contributed by atoms with Crippen molar-refractivity contribution in [1.29, 1.82) is 0 Å². The summed E-state index contributed by atoms with van der Waals surface area (Å²) < 4.78 is 0. The molecule has 18 heavy (non-hydrogen) atoms. The molecule has 2 rings (SSSR count). The second-order valence-corrected chi connectivity index (χ2v) is 5.07. The van der Waals surface area contributed by atoms with Crippen LogP contribution in [-0.2, 0) is 0 Å². The largest absolute Gasteiger partial charge is 0.348 e. The number of thioether (sulfide) groups is 1. The lowest BCUT2D eigenvalue weighted by atomic mass is 10.1. The van der Waals surface area contributed by atoms with Gasteiger partial charge in [0, 0.05) is 17.5 Å². The Morgan fingerprint density at radius 3 is 2.89 bits per heavy atom. The van der Waals surface area contributed by atoms with Crippen molar-refractivity contribution >= 4 is 30.1 Å². The summed E-state index contributed by atoms with van der Waals surface area (Å²) in [5.74, 6) is 0.0450. The van der Waals surface area contributed by atoms with Crippen LogP contribution in [0, 0.1) is 0 Å². The standard InChI is InChI=1S/C13H18N2OS.ClH/c1-17-12-7-3-2-6-11(12)13(16)15-10-5-4-8-14-9-10;/h2-3,6-7,10,14H,4-5,8-9H2,1H3,(H,15,16);1H. The molecule has 100 valence electrons. The van der Waals surface area contributed by atoms with E-state index in [0.29, 0.717) is 0 Å². The Bertz CT molecular complexity index is 394. The van der Waals surface area contributed by atoms with Crippen LogP contribution in [-0.4, -0.2) is 31.3 Å². The molecular weight excluding hydrogens is 268 g/mol. The summed E-state index contributed by atoms with van der Waals surface area (Å²) in [6.45, 7) is 1.95. The molecule has 0 spiro atoms. The van der Waals surface area contributed by atoms with Crippen LogP contribution in [0.5, 0.6) is 0 Å². The summed E-state index contributed by atoms with van der Waals surface area (Å²) >= 11 is 1.61. The van der Waals surface area contributed by atoms with E-state index in [4.69, 9.17) is 0 Å². The van der Waals surface area contributed by atoms with E-state index in [1.165, 1.54) is 0 Å². The van der Waals surface area contributed by atoms with Crippen LogP contribution in [0.4, 0.5) is 0 Å². The van der Waals surface area contributed by atoms with Gasteiger partial charge in [-0.1, -0.05) is 12.1 Å². The molecule has 1 aromatic carbocycles. The van der Waals surface area contributed by atoms with Gasteiger partial charge in [0.05, 0.1) is 5.56 Å². The Kier molecular flexibility index (Phi) is 6.54. The molecular formula is C13H19ClN2OS. The second-order valence-electron chi connectivity index (χ2n) is 4.22. The van der Waals surface area contributed by atoms with Crippen LogP contribution in [0.2, 0.25) is 0 Å². The average molecular weight is 287 g/mol. The Morgan fingerprint density at radius 1 is 1.44 bits per heavy atom. The molecule has 1 amide bonds. The molecule has 0 aromatic heterocycles. The van der Waals surface area contributed by atoms with Gasteiger partial charge in [-0.15, -0.1) is 24.2 Å². The first-order valence-electron chi connectivity index (χ1n) is 5.96. The predicted molar refractivity (Wildman–Crippen MR) is 78.8 cm³/mol. The quantitative estimate of drug-likeness (QED) is 0.838. The Morgan fingerprint density at radius 2 is 2.22 bits per heavy atom. The Labute approximate surface area is 119 Å². The Hall–Kier alpha value is -0.710. The van der Waals surface area contributed by atoms with Crippen molar-refractivity contribution in [1.82, 2.24) is 10.6 Å². The van der Waals surface area contributed by atoms with E-state index < -0.39 is 0 Å². The van der Waals surface area contributed by atoms with E-state index >= 15 is 0 Å². The van der Waals surface area contributed by atoms with E-state index in [1.54, 1.807) is 11.8 Å². The number of rotatable bonds is 3. The topological polar surface area (TPSA) is 41.1 Å². The first-order valence-corrected chi connectivity index (χ1v) is 7.18. The number of carbonyl (C=O) groups excluding carboxylic acids is 1. The molecule has 1 fully saturated rings. The van der Waals surface area contributed by atoms with Crippen LogP contribution in [0.15, 0.2) is 29.2 Å². The zero-order chi connectivity index (χ0) is 12.1. The van der Waals surface area contributed by atoms with Gasteiger partial charge in [-0.05, 0) is 37.8 Å². The van der Waals surface area contributed by atoms with E-state index in [9.17, 15) is 4.79 Å². The number of benzene rings is 1. The fourth-order valence-corrected chi connectivity index (χ4v) is 2.67. The van der Waals surface area contributed by atoms with E-state index in [-0.39, 0.29) is 24.4 Å². The molecule has 3 nitrogen and oxygen atoms in total. The third-order valence-electron chi connectivity index (χ3n) is 2.98. The highest BCUT2D eigenvalue weighted by Crippen LogP contribution is 2.19. The minimum atomic E-state index is 0. The fourth-order valence-electron chi connectivity index (χ4n) is 2.07. The maximum absolute atomic E-state index is 12.1. The van der Waals surface area contributed by atoms with Gasteiger partial charge >= 0.3 is 0 Å². The van der Waals surface area contributed by atoms with Gasteiger partial charge in [0.15, 0.2) is 0 Å². The van der Waals surface area contributed by atoms with Crippen LogP contribution in [0.3, 0.4) is 0 Å². The van der Waals surface area contributed by atoms with Crippen molar-refractivity contribution in [3.63, 3.8) is 0 Å². The molecule has 0 saturated carbocycles. The van der Waals surface area contributed by atoms with E-state index in [2.05, 4.69) is 10.6 Å². The number of hydrogen-bond donors (Lipinski definition) is 2. The summed E-state index contributed by atoms with van der Waals surface area (Å²) in [4.78, 5) is 13.2. The zero-order valence-corrected chi connectivity index (χ0v) is 12.1. The highest BCUT2D eigenvalue weighted by molar-refractivity contribution is 7.98. The van der Waals surface area contributed by atoms with Gasteiger partial charge < -0.3 is 10.6 Å². The van der Waals surface area contributed by atoms with Gasteiger partial charge in [-0.2, -0.15) is 0 Å². The van der Waals surface area contributed by atoms with Crippen LogP contribution >= 0.6 is 24.2 Å². The first-order chi connectivity index (χ1) is 8.31. The minimum absolute atomic E-state index is 0. The molecule has 1 unspecified atom stereocenters. The third kappa shape index (κ3) is 3.90. The maximum Gasteiger partial charge on any atom is 0.252 e. The molecule has 0 aliphatic carbocycles. The van der Waals surface area contributed by atoms with Crippen LogP contribution in [0.25, 0.3) is 0 Å². The lowest BCUT2D eigenvalue weighted by Crippen LogP contribution is -2.45. The van der Waals surface area contributed by atoms with Crippen LogP contribution in [0.1, 0.15) is 23.2 Å². The molecule has 2 N–H and O–H groups in total. The number of nitrogens with one attached hydrogen (secondary N) is 2. The van der Waals surface area contributed by atoms with E-state index in [1.807, 2.05) is 30.5 Å². The van der Waals surface area contributed by atoms with Gasteiger partial charge in [0.1, 0.15) is 0 Å². The molecule has 1 aromatic rings. The lowest BCUT2D eigenvalue weighted by Gasteiger charge is -2.24. The summed E-state index contributed by atoms with van der Waals surface area (Å²) in [5.41, 5.74) is 0.783. The summed E-state index contributed by atoms with van der Waals surface area (Å²) in [6.07, 6.45) is 4.20. The minimum Gasteiger partial charge on any atom is -0.348 e. The summed E-state index contributed by atoms with van der Waals surface area (Å²) in [6, 6.07) is 8.01. The van der Waals surface area contributed by atoms with Crippen molar-refractivity contribution in [2.45, 2.75) is 23.8 Å². The number of halogens is 1. The fraction of sp³-hybridized carbons (Fsp3) is 0.462. The number of carbonyl (C=O) groups is 1. The lowest BCUT2D eigenvalue weighted by molar-refractivity contribution is 0.0927. The van der Waals surface area contributed by atoms with Crippen molar-refractivity contribution in [3.8, 4) is 0 Å². The normalized spacial score (nSPS) is 18.8. The Balaban J connectivity index is 0.00000162. The van der Waals surface area contributed by atoms with E-state index in [0.717, 1.165) is 36.4 Å². The van der Waals surface area contributed by atoms with Gasteiger partial charge in [0.2, 0.25) is 0 Å². The number of piperidine rings is 1. The number of hydrogen-bond acceptors (Lipinski definition) is 3. The smallest absolute Gasteiger partial charge is 0.252 e. The van der Waals surface area contributed by atoms with Crippen molar-refractivity contribution in [3.05, 3.63) is 29.8 Å². The highest BCUT2D eigenvalue weighted by atomic mass is 35.5. The molecule has 0 bridgehead atoms. The first kappa shape index (κ1) is 15.3. The van der Waals surface area contributed by atoms with Crippen molar-refractivity contribution in [2.75, 3.05) is 19.3 Å². The van der Waals surface area contributed by atoms with Crippen molar-refractivity contribution < 1.29 is 4.79 Å². The average Bonchev–Trinajstić information content (AvgIpc) is 2.40. The number of amides is 1. The summed E-state index contributed by atoms with van der Waals surface area (Å²) in [7, 11) is 0. The van der Waals surface area contributed by atoms with Gasteiger partial charge in [-0.3, -0.25) is 4.79 Å². The molecule has 1 saturated heterocycles. The molecule has 1 atom stereocenters. The predicted octanol–water partition coefficient (Wildman–Crippen LogP) is 2.31. The SMILES string of the molecule is CSc1ccccc1C(=O)NC1CCCNC1.Cl. The van der Waals surface area contributed by atoms with Crippen LogP contribution < -0.4 is 10.6 Å². The monoisotopic (exact) mass is 286 g/mol. The molecule has 1 aliphatic heterocycles. The third-order valence-corrected chi connectivity index (χ3v) is 3.78. The maximum atomic E-state index is 12.1. The van der Waals surface area contributed by atoms with Gasteiger partial charge in [-0.25, -0.2) is 0 Å². The summed E-state index contributed by atoms with van der Waals surface area (Å²) in [5, 5.41) is 6.40. The zero-order valence-electron chi connectivity index (χ0n) is 10.4.